The second-order valence-electron chi connectivity index (χ2n) is 8.90. The van der Waals surface area contributed by atoms with Gasteiger partial charge in [0.05, 0.1) is 12.1 Å². The van der Waals surface area contributed by atoms with Crippen LogP contribution in [0.1, 0.15) is 51.6 Å². The molecule has 3 rings (SSSR count). The second-order valence-corrected chi connectivity index (χ2v) is 14.4. The minimum absolute atomic E-state index is 0.0385. The van der Waals surface area contributed by atoms with Crippen molar-refractivity contribution in [3.05, 3.63) is 28.2 Å². The van der Waals surface area contributed by atoms with Crippen molar-refractivity contribution in [2.75, 3.05) is 6.26 Å². The number of nitriles is 1. The van der Waals surface area contributed by atoms with E-state index in [0.717, 1.165) is 19.3 Å². The van der Waals surface area contributed by atoms with Gasteiger partial charge in [0.15, 0.2) is 13.5 Å². The molecule has 0 N–H and O–H groups in total. The van der Waals surface area contributed by atoms with E-state index in [2.05, 4.69) is 43.8 Å². The molecule has 0 radical (unpaired) electrons. The summed E-state index contributed by atoms with van der Waals surface area (Å²) < 4.78 is 8.42. The molecule has 2 aromatic rings. The van der Waals surface area contributed by atoms with E-state index < -0.39 is 8.32 Å². The van der Waals surface area contributed by atoms with Gasteiger partial charge in [-0.2, -0.15) is 5.26 Å². The molecule has 2 aromatic heterocycles. The van der Waals surface area contributed by atoms with Crippen LogP contribution in [0.4, 0.5) is 0 Å². The van der Waals surface area contributed by atoms with Crippen molar-refractivity contribution in [1.82, 2.24) is 14.5 Å². The Kier molecular flexibility index (Phi) is 5.72. The smallest absolute Gasteiger partial charge is 0.270 e. The van der Waals surface area contributed by atoms with Crippen molar-refractivity contribution in [2.24, 2.45) is 0 Å². The van der Waals surface area contributed by atoms with E-state index in [9.17, 15) is 10.1 Å². The first kappa shape index (κ1) is 21.0. The molecule has 0 aromatic carbocycles. The van der Waals surface area contributed by atoms with Crippen LogP contribution in [-0.4, -0.2) is 35.2 Å². The van der Waals surface area contributed by atoms with Crippen LogP contribution in [0.25, 0.3) is 11.0 Å². The van der Waals surface area contributed by atoms with Crippen molar-refractivity contribution in [3.63, 3.8) is 0 Å². The molecular weight excluding hydrogens is 388 g/mol. The highest BCUT2D eigenvalue weighted by Crippen LogP contribution is 2.42. The van der Waals surface area contributed by atoms with Crippen LogP contribution >= 0.6 is 11.8 Å². The Morgan fingerprint density at radius 1 is 1.36 bits per heavy atom. The van der Waals surface area contributed by atoms with Crippen molar-refractivity contribution < 1.29 is 4.43 Å². The van der Waals surface area contributed by atoms with E-state index in [1.165, 1.54) is 11.8 Å². The highest BCUT2D eigenvalue weighted by Gasteiger charge is 2.43. The lowest BCUT2D eigenvalue weighted by atomic mass is 10.1. The summed E-state index contributed by atoms with van der Waals surface area (Å²) in [5.74, 6) is 0. The number of hydrogen-bond donors (Lipinski definition) is 0. The minimum atomic E-state index is -1.99. The highest BCUT2D eigenvalue weighted by atomic mass is 32.2. The molecule has 1 saturated carbocycles. The van der Waals surface area contributed by atoms with Crippen LogP contribution in [0.3, 0.4) is 0 Å². The molecule has 28 heavy (non-hydrogen) atoms. The number of hydrogen-bond acceptors (Lipinski definition) is 6. The van der Waals surface area contributed by atoms with E-state index in [1.54, 1.807) is 16.8 Å². The van der Waals surface area contributed by atoms with Crippen LogP contribution in [0.2, 0.25) is 18.1 Å². The molecule has 6 nitrogen and oxygen atoms in total. The summed E-state index contributed by atoms with van der Waals surface area (Å²) in [4.78, 5) is 22.1. The first-order chi connectivity index (χ1) is 13.1. The van der Waals surface area contributed by atoms with Gasteiger partial charge in [0.1, 0.15) is 17.3 Å². The van der Waals surface area contributed by atoms with Gasteiger partial charge >= 0.3 is 0 Å². The Hall–Kier alpha value is -1.69. The van der Waals surface area contributed by atoms with Crippen LogP contribution in [0.15, 0.2) is 22.2 Å². The largest absolute Gasteiger partial charge is 0.412 e. The van der Waals surface area contributed by atoms with Crippen molar-refractivity contribution in [1.29, 1.82) is 5.26 Å². The summed E-state index contributed by atoms with van der Waals surface area (Å²) in [6.07, 6.45) is 6.33. The van der Waals surface area contributed by atoms with E-state index in [-0.39, 0.29) is 28.3 Å². The molecular formula is C20H28N4O2SSi. The summed E-state index contributed by atoms with van der Waals surface area (Å²) in [5.41, 5.74) is 0.446. The third-order valence-electron chi connectivity index (χ3n) is 6.06. The summed E-state index contributed by atoms with van der Waals surface area (Å²) in [7, 11) is -1.99. The molecule has 1 fully saturated rings. The number of pyridine rings is 1. The van der Waals surface area contributed by atoms with Crippen molar-refractivity contribution in [3.8, 4) is 6.07 Å². The fourth-order valence-corrected chi connectivity index (χ4v) is 5.21. The number of nitrogens with zero attached hydrogens (tertiary/aromatic N) is 4. The summed E-state index contributed by atoms with van der Waals surface area (Å²) in [6.45, 7) is 11.1. The second kappa shape index (κ2) is 7.62. The van der Waals surface area contributed by atoms with Gasteiger partial charge in [0.25, 0.3) is 5.56 Å². The van der Waals surface area contributed by atoms with E-state index in [4.69, 9.17) is 4.43 Å². The number of aromatic nitrogens is 3. The van der Waals surface area contributed by atoms with Crippen LogP contribution in [0.5, 0.6) is 0 Å². The molecule has 1 aliphatic carbocycles. The van der Waals surface area contributed by atoms with Gasteiger partial charge in [0.2, 0.25) is 0 Å². The van der Waals surface area contributed by atoms with Crippen LogP contribution in [-0.2, 0) is 4.43 Å². The summed E-state index contributed by atoms with van der Waals surface area (Å²) in [6, 6.07) is 3.53. The normalized spacial score (nSPS) is 20.5. The topological polar surface area (TPSA) is 80.8 Å². The zero-order valence-corrected chi connectivity index (χ0v) is 19.3. The molecule has 2 unspecified atom stereocenters. The SMILES string of the molecule is CSc1ncc2cc(C#N)c(=O)n(C3CCCC3O[Si](C)(C)C(C)(C)C)c2n1. The molecule has 0 bridgehead atoms. The number of fused-ring (bicyclic) bond motifs is 1. The predicted molar refractivity (Wildman–Crippen MR) is 115 cm³/mol. The molecule has 8 heteroatoms. The van der Waals surface area contributed by atoms with Gasteiger partial charge < -0.3 is 4.43 Å². The number of thioether (sulfide) groups is 1. The maximum absolute atomic E-state index is 13.1. The standard InChI is InChI=1S/C20H28N4O2SSi/c1-20(2,3)28(5,6)26-16-9-7-8-15(16)24-17-14(10-13(11-21)18(24)25)12-22-19(23-17)27-4/h10,12,15-16H,7-9H2,1-6H3. The third-order valence-corrected chi connectivity index (χ3v) is 11.1. The highest BCUT2D eigenvalue weighted by molar-refractivity contribution is 7.98. The zero-order valence-electron chi connectivity index (χ0n) is 17.4. The van der Waals surface area contributed by atoms with Gasteiger partial charge in [-0.15, -0.1) is 0 Å². The fraction of sp³-hybridized carbons (Fsp3) is 0.600. The monoisotopic (exact) mass is 416 g/mol. The average molecular weight is 417 g/mol. The summed E-state index contributed by atoms with van der Waals surface area (Å²) in [5, 5.41) is 10.9. The Balaban J connectivity index is 2.14. The molecule has 0 aliphatic heterocycles. The molecule has 1 aliphatic rings. The third kappa shape index (κ3) is 3.75. The molecule has 0 amide bonds. The Bertz CT molecular complexity index is 991. The average Bonchev–Trinajstić information content (AvgIpc) is 3.06. The molecule has 2 heterocycles. The van der Waals surface area contributed by atoms with Gasteiger partial charge in [-0.1, -0.05) is 32.5 Å². The fourth-order valence-electron chi connectivity index (χ4n) is 3.49. The first-order valence-electron chi connectivity index (χ1n) is 9.63. The van der Waals surface area contributed by atoms with Crippen molar-refractivity contribution >= 4 is 31.1 Å². The van der Waals surface area contributed by atoms with Crippen molar-refractivity contribution in [2.45, 2.75) is 75.5 Å². The van der Waals surface area contributed by atoms with E-state index >= 15 is 0 Å². The molecule has 2 atom stereocenters. The predicted octanol–water partition coefficient (Wildman–Crippen LogP) is 4.50. The van der Waals surface area contributed by atoms with Gasteiger partial charge in [0, 0.05) is 11.6 Å². The van der Waals surface area contributed by atoms with E-state index in [0.29, 0.717) is 16.2 Å². The quantitative estimate of drug-likeness (QED) is 0.415. The zero-order chi connectivity index (χ0) is 20.7. The maximum Gasteiger partial charge on any atom is 0.270 e. The first-order valence-corrected chi connectivity index (χ1v) is 13.8. The lowest BCUT2D eigenvalue weighted by Crippen LogP contribution is -2.46. The van der Waals surface area contributed by atoms with E-state index in [1.807, 2.05) is 12.3 Å². The van der Waals surface area contributed by atoms with Crippen LogP contribution < -0.4 is 5.56 Å². The number of rotatable bonds is 4. The Morgan fingerprint density at radius 3 is 2.68 bits per heavy atom. The lowest BCUT2D eigenvalue weighted by Gasteiger charge is -2.40. The minimum Gasteiger partial charge on any atom is -0.412 e. The van der Waals surface area contributed by atoms with Gasteiger partial charge in [-0.3, -0.25) is 9.36 Å². The summed E-state index contributed by atoms with van der Waals surface area (Å²) >= 11 is 1.44. The Morgan fingerprint density at radius 2 is 2.07 bits per heavy atom. The lowest BCUT2D eigenvalue weighted by molar-refractivity contribution is 0.144. The van der Waals surface area contributed by atoms with Gasteiger partial charge in [-0.05, 0) is 49.7 Å². The van der Waals surface area contributed by atoms with Crippen LogP contribution in [0, 0.1) is 11.3 Å². The molecule has 150 valence electrons. The van der Waals surface area contributed by atoms with Gasteiger partial charge in [-0.25, -0.2) is 9.97 Å². The maximum atomic E-state index is 13.1. The molecule has 0 saturated heterocycles. The molecule has 0 spiro atoms. The Labute approximate surface area is 171 Å².